The van der Waals surface area contributed by atoms with Crippen LogP contribution < -0.4 is 30.7 Å². The second-order valence-electron chi connectivity index (χ2n) is 15.5. The van der Waals surface area contributed by atoms with Gasteiger partial charge in [0.1, 0.15) is 34.2 Å². The van der Waals surface area contributed by atoms with Gasteiger partial charge in [0, 0.05) is 59.5 Å². The highest BCUT2D eigenvalue weighted by Gasteiger charge is 2.22. The average molecular weight is 968 g/mol. The lowest BCUT2D eigenvalue weighted by Gasteiger charge is -2.12. The molecule has 19 nitrogen and oxygen atoms in total. The second kappa shape index (κ2) is 22.4. The van der Waals surface area contributed by atoms with Gasteiger partial charge in [-0.05, 0) is 83.9 Å². The summed E-state index contributed by atoms with van der Waals surface area (Å²) in [5, 5.41) is 63.1. The number of benzene rings is 8. The number of aromatic hydroxyl groups is 2. The maximum absolute atomic E-state index is 13.1. The molecule has 19 heteroatoms. The zero-order valence-corrected chi connectivity index (χ0v) is 39.3. The molecule has 0 saturated heterocycles. The molecule has 0 saturated carbocycles. The molecule has 0 spiro atoms. The van der Waals surface area contributed by atoms with Gasteiger partial charge in [-0.25, -0.2) is 0 Å². The van der Waals surface area contributed by atoms with E-state index < -0.39 is 22.5 Å². The maximum Gasteiger partial charge on any atom is 0.271 e. The van der Waals surface area contributed by atoms with Gasteiger partial charge in [-0.1, -0.05) is 72.8 Å². The molecular formula is C53H45N9O10. The van der Waals surface area contributed by atoms with E-state index in [0.717, 1.165) is 5.56 Å². The number of fused-ring (bicyclic) bond motifs is 2. The lowest BCUT2D eigenvalue weighted by Crippen LogP contribution is -2.17. The van der Waals surface area contributed by atoms with Crippen molar-refractivity contribution in [1.82, 2.24) is 10.6 Å². The highest BCUT2D eigenvalue weighted by atomic mass is 16.6. The van der Waals surface area contributed by atoms with Gasteiger partial charge in [-0.15, -0.1) is 20.5 Å². The number of hydrogen-bond donors (Lipinski definition) is 6. The van der Waals surface area contributed by atoms with Gasteiger partial charge in [0.25, 0.3) is 29.3 Å². The van der Waals surface area contributed by atoms with Crippen LogP contribution in [0.1, 0.15) is 47.0 Å². The van der Waals surface area contributed by atoms with Gasteiger partial charge in [0.2, 0.25) is 0 Å². The molecule has 6 N–H and O–H groups in total. The number of azo groups is 2. The van der Waals surface area contributed by atoms with Crippen molar-refractivity contribution in [2.75, 3.05) is 38.9 Å². The number of aryl methyl sites for hydroxylation is 1. The molecule has 8 aromatic carbocycles. The number of phenols is 2. The number of methoxy groups -OCH3 is 2. The molecule has 4 amide bonds. The Morgan fingerprint density at radius 1 is 0.542 bits per heavy atom. The fourth-order valence-electron chi connectivity index (χ4n) is 7.30. The summed E-state index contributed by atoms with van der Waals surface area (Å²) in [7, 11) is 5.96. The Morgan fingerprint density at radius 3 is 1.49 bits per heavy atom. The fourth-order valence-corrected chi connectivity index (χ4v) is 7.30. The molecule has 8 aromatic rings. The molecule has 0 aliphatic rings. The Balaban J connectivity index is 0.000000212. The van der Waals surface area contributed by atoms with Gasteiger partial charge in [0.05, 0.1) is 30.3 Å². The number of hydrogen-bond acceptors (Lipinski definition) is 14. The Morgan fingerprint density at radius 2 is 1.01 bits per heavy atom. The minimum Gasteiger partial charge on any atom is -0.505 e. The van der Waals surface area contributed by atoms with Crippen molar-refractivity contribution in [1.29, 1.82) is 0 Å². The Hall–Kier alpha value is -10.0. The number of ether oxygens (including phenoxy) is 2. The molecule has 0 aliphatic carbocycles. The van der Waals surface area contributed by atoms with Crippen molar-refractivity contribution in [2.45, 2.75) is 6.92 Å². The summed E-state index contributed by atoms with van der Waals surface area (Å²) in [6, 6.07) is 39.5. The van der Waals surface area contributed by atoms with Crippen LogP contribution >= 0.6 is 0 Å². The van der Waals surface area contributed by atoms with Crippen LogP contribution in [0.15, 0.2) is 166 Å². The Labute approximate surface area is 411 Å². The summed E-state index contributed by atoms with van der Waals surface area (Å²) in [6.45, 7) is 1.88. The molecule has 362 valence electrons. The molecule has 72 heavy (non-hydrogen) atoms. The average Bonchev–Trinajstić information content (AvgIpc) is 3.40. The van der Waals surface area contributed by atoms with Crippen LogP contribution in [0, 0.1) is 17.0 Å². The fraction of sp³-hybridized carbons (Fsp3) is 0.0943. The van der Waals surface area contributed by atoms with Crippen molar-refractivity contribution in [3.63, 3.8) is 0 Å². The number of anilines is 2. The van der Waals surface area contributed by atoms with E-state index in [1.54, 1.807) is 72.8 Å². The molecule has 0 unspecified atom stereocenters. The van der Waals surface area contributed by atoms with Gasteiger partial charge < -0.3 is 41.0 Å². The van der Waals surface area contributed by atoms with Crippen LogP contribution in [-0.2, 0) is 0 Å². The maximum atomic E-state index is 13.1. The van der Waals surface area contributed by atoms with Crippen LogP contribution in [0.3, 0.4) is 0 Å². The third-order valence-electron chi connectivity index (χ3n) is 11.0. The smallest absolute Gasteiger partial charge is 0.271 e. The number of non-ortho nitro benzene ring substituents is 1. The second-order valence-corrected chi connectivity index (χ2v) is 15.5. The number of carbonyl (C=O) groups excluding carboxylic acids is 4. The first-order valence-corrected chi connectivity index (χ1v) is 21.8. The molecular weight excluding hydrogens is 923 g/mol. The standard InChI is InChI=1S/C27H24N4O4.C26H21N5O6/c1-16-8-4-7-11-21(16)29-27(34)20-14-17-9-5-6-10-19(17)24(25(20)32)31-30-22-15-18(26(33)28-2)12-13-23(22)35-3;1-27-25(33)16-10-11-22(37-2)21(13-16)29-30-23-19-9-4-3-6-15(19)12-20(24(23)32)26(34)28-17-7-5-8-18(14-17)31(35)36/h4-15,32H,1-3H3,(H,28,33)(H,29,34);3-14,32H,1-2H3,(H,27,33)(H,28,34). The predicted molar refractivity (Wildman–Crippen MR) is 273 cm³/mol. The molecule has 0 radical (unpaired) electrons. The first-order valence-electron chi connectivity index (χ1n) is 21.8. The number of para-hydroxylation sites is 1. The Kier molecular flexibility index (Phi) is 15.5. The number of nitrogens with one attached hydrogen (secondary N) is 4. The minimum absolute atomic E-state index is 0.0229. The summed E-state index contributed by atoms with van der Waals surface area (Å²) in [5.74, 6) is -1.78. The van der Waals surface area contributed by atoms with Crippen molar-refractivity contribution in [3.8, 4) is 23.0 Å². The predicted octanol–water partition coefficient (Wildman–Crippen LogP) is 11.4. The van der Waals surface area contributed by atoms with E-state index in [4.69, 9.17) is 9.47 Å². The summed E-state index contributed by atoms with van der Waals surface area (Å²) < 4.78 is 10.7. The van der Waals surface area contributed by atoms with Crippen molar-refractivity contribution < 1.29 is 43.8 Å². The van der Waals surface area contributed by atoms with Crippen LogP contribution in [0.25, 0.3) is 21.5 Å². The number of nitro groups is 1. The number of nitrogens with zero attached hydrogens (tertiary/aromatic N) is 5. The zero-order chi connectivity index (χ0) is 51.5. The number of nitro benzene ring substituents is 1. The van der Waals surface area contributed by atoms with Crippen LogP contribution in [0.5, 0.6) is 23.0 Å². The number of amides is 4. The summed E-state index contributed by atoms with van der Waals surface area (Å²) in [4.78, 5) is 60.8. The SMILES string of the molecule is CNC(=O)c1ccc(OC)c(N=Nc2c(O)c(C(=O)Nc3cccc([N+](=O)[O-])c3)cc3ccccc23)c1.CNC(=O)c1ccc(OC)c(N=Nc2c(O)c(C(=O)Nc3ccccc3C)cc3ccccc23)c1. The van der Waals surface area contributed by atoms with Crippen LogP contribution in [0.2, 0.25) is 0 Å². The lowest BCUT2D eigenvalue weighted by molar-refractivity contribution is -0.384. The highest BCUT2D eigenvalue weighted by molar-refractivity contribution is 6.13. The van der Waals surface area contributed by atoms with E-state index in [1.807, 2.05) is 37.3 Å². The topological polar surface area (TPSA) is 268 Å². The Bertz CT molecular complexity index is 3490. The third kappa shape index (κ3) is 11.1. The van der Waals surface area contributed by atoms with Crippen molar-refractivity contribution >= 4 is 85.0 Å². The minimum atomic E-state index is -0.695. The number of rotatable bonds is 13. The van der Waals surface area contributed by atoms with Gasteiger partial charge in [-0.2, -0.15) is 0 Å². The van der Waals surface area contributed by atoms with Crippen LogP contribution in [-0.4, -0.2) is 67.1 Å². The van der Waals surface area contributed by atoms with Crippen molar-refractivity contribution in [3.05, 3.63) is 184 Å². The molecule has 0 aliphatic heterocycles. The lowest BCUT2D eigenvalue weighted by atomic mass is 10.0. The van der Waals surface area contributed by atoms with E-state index in [0.29, 0.717) is 55.5 Å². The van der Waals surface area contributed by atoms with Gasteiger partial charge >= 0.3 is 0 Å². The third-order valence-corrected chi connectivity index (χ3v) is 11.0. The van der Waals surface area contributed by atoms with E-state index in [1.165, 1.54) is 70.8 Å². The molecule has 8 rings (SSSR count). The van der Waals surface area contributed by atoms with Gasteiger partial charge in [-0.3, -0.25) is 29.3 Å². The van der Waals surface area contributed by atoms with Crippen LogP contribution in [0.4, 0.5) is 39.8 Å². The van der Waals surface area contributed by atoms with Gasteiger partial charge in [0.15, 0.2) is 11.5 Å². The molecule has 0 heterocycles. The largest absolute Gasteiger partial charge is 0.505 e. The summed E-state index contributed by atoms with van der Waals surface area (Å²) >= 11 is 0. The van der Waals surface area contributed by atoms with Crippen molar-refractivity contribution in [2.24, 2.45) is 20.5 Å². The van der Waals surface area contributed by atoms with E-state index in [2.05, 4.69) is 41.7 Å². The number of carbonyl (C=O) groups is 4. The van der Waals surface area contributed by atoms with E-state index >= 15 is 0 Å². The normalized spacial score (nSPS) is 10.9. The zero-order valence-electron chi connectivity index (χ0n) is 39.3. The molecule has 0 bridgehead atoms. The molecule has 0 atom stereocenters. The molecule has 0 aromatic heterocycles. The summed E-state index contributed by atoms with van der Waals surface area (Å²) in [5.41, 5.74) is 2.88. The highest BCUT2D eigenvalue weighted by Crippen LogP contribution is 2.42. The first kappa shape index (κ1) is 49.9. The summed E-state index contributed by atoms with van der Waals surface area (Å²) in [6.07, 6.45) is 0. The molecule has 0 fully saturated rings. The van der Waals surface area contributed by atoms with E-state index in [9.17, 15) is 39.5 Å². The monoisotopic (exact) mass is 967 g/mol. The first-order chi connectivity index (χ1) is 34.7. The van der Waals surface area contributed by atoms with E-state index in [-0.39, 0.29) is 57.1 Å². The number of phenolic OH excluding ortho intramolecular Hbond substituents is 2. The quantitative estimate of drug-likeness (QED) is 0.0361.